The number of piperazine rings is 1. The van der Waals surface area contributed by atoms with Crippen molar-refractivity contribution in [2.45, 2.75) is 45.5 Å². The first kappa shape index (κ1) is 26.3. The monoisotopic (exact) mass is 490 g/mol. The Morgan fingerprint density at radius 3 is 2.49 bits per heavy atom. The van der Waals surface area contributed by atoms with Gasteiger partial charge in [-0.25, -0.2) is 4.98 Å². The number of nitrogens with zero attached hydrogens (tertiary/aromatic N) is 4. The molecule has 0 saturated carbocycles. The highest BCUT2D eigenvalue weighted by Crippen LogP contribution is 2.34. The Morgan fingerprint density at radius 2 is 1.94 bits per heavy atom. The third kappa shape index (κ3) is 6.42. The molecule has 2 aromatic rings. The fourth-order valence-corrected chi connectivity index (χ4v) is 4.20. The largest absolute Gasteiger partial charge is 0.573 e. The molecule has 188 valence electrons. The number of benzene rings is 1. The molecule has 2 heterocycles. The minimum atomic E-state index is -4.77. The first-order chi connectivity index (χ1) is 16.5. The van der Waals surface area contributed by atoms with E-state index in [1.165, 1.54) is 24.3 Å². The molecule has 1 atom stereocenters. The second kappa shape index (κ2) is 11.0. The molecule has 1 amide bonds. The highest BCUT2D eigenvalue weighted by Gasteiger charge is 2.32. The van der Waals surface area contributed by atoms with E-state index in [1.807, 2.05) is 30.6 Å². The summed E-state index contributed by atoms with van der Waals surface area (Å²) in [7, 11) is 1.56. The van der Waals surface area contributed by atoms with Gasteiger partial charge in [-0.05, 0) is 36.6 Å². The number of nitriles is 1. The Balaban J connectivity index is 1.90. The highest BCUT2D eigenvalue weighted by atomic mass is 19.4. The van der Waals surface area contributed by atoms with E-state index in [4.69, 9.17) is 9.72 Å². The Hall–Kier alpha value is -3.32. The summed E-state index contributed by atoms with van der Waals surface area (Å²) in [6.45, 7) is 7.84. The summed E-state index contributed by atoms with van der Waals surface area (Å²) >= 11 is 0. The zero-order valence-electron chi connectivity index (χ0n) is 20.2. The van der Waals surface area contributed by atoms with Gasteiger partial charge in [-0.1, -0.05) is 26.0 Å². The van der Waals surface area contributed by atoms with Crippen molar-refractivity contribution in [3.05, 3.63) is 41.6 Å². The number of amides is 1. The zero-order valence-corrected chi connectivity index (χ0v) is 20.2. The van der Waals surface area contributed by atoms with E-state index in [-0.39, 0.29) is 23.6 Å². The lowest BCUT2D eigenvalue weighted by Gasteiger charge is -2.41. The van der Waals surface area contributed by atoms with Crippen LogP contribution >= 0.6 is 0 Å². The van der Waals surface area contributed by atoms with Gasteiger partial charge in [0.2, 0.25) is 5.91 Å². The quantitative estimate of drug-likeness (QED) is 0.559. The van der Waals surface area contributed by atoms with Gasteiger partial charge in [0.25, 0.3) is 0 Å². The van der Waals surface area contributed by atoms with E-state index in [9.17, 15) is 23.2 Å². The molecule has 7 nitrogen and oxygen atoms in total. The standard InChI is InChI=1S/C25H29F3N4O3/c1-16(2)23-21(18-5-7-20(8-6-18)35-25(26,27)28)13-19(14-29)24(30-23)31-10-11-32(17(3)15-31)22(33)9-12-34-4/h5-8,13,16-17H,9-12,15H2,1-4H3. The Kier molecular flexibility index (Phi) is 8.22. The van der Waals surface area contributed by atoms with Crippen LogP contribution in [0.3, 0.4) is 0 Å². The molecule has 1 aliphatic heterocycles. The second-order valence-corrected chi connectivity index (χ2v) is 8.76. The third-order valence-corrected chi connectivity index (χ3v) is 5.87. The Labute approximate surface area is 203 Å². The minimum Gasteiger partial charge on any atom is -0.406 e. The number of methoxy groups -OCH3 is 1. The van der Waals surface area contributed by atoms with Crippen LogP contribution in [0.15, 0.2) is 30.3 Å². The summed E-state index contributed by atoms with van der Waals surface area (Å²) in [5.74, 6) is 0.262. The number of rotatable bonds is 7. The molecule has 0 spiro atoms. The maximum atomic E-state index is 12.5. The Bertz CT molecular complexity index is 1080. The molecule has 3 rings (SSSR count). The molecule has 0 aliphatic carbocycles. The van der Waals surface area contributed by atoms with Crippen molar-refractivity contribution in [3.63, 3.8) is 0 Å². The molecule has 1 aromatic carbocycles. The van der Waals surface area contributed by atoms with E-state index < -0.39 is 6.36 Å². The summed E-state index contributed by atoms with van der Waals surface area (Å²) in [6, 6.07) is 9.42. The molecule has 1 aliphatic rings. The maximum Gasteiger partial charge on any atom is 0.573 e. The number of carbonyl (C=O) groups excluding carboxylic acids is 1. The predicted octanol–water partition coefficient (Wildman–Crippen LogP) is 4.72. The number of halogens is 3. The number of anilines is 1. The molecule has 1 saturated heterocycles. The van der Waals surface area contributed by atoms with Crippen molar-refractivity contribution >= 4 is 11.7 Å². The van der Waals surface area contributed by atoms with Crippen LogP contribution in [0, 0.1) is 11.3 Å². The predicted molar refractivity (Wildman–Crippen MR) is 125 cm³/mol. The fraction of sp³-hybridized carbons (Fsp3) is 0.480. The molecule has 35 heavy (non-hydrogen) atoms. The number of carbonyl (C=O) groups is 1. The minimum absolute atomic E-state index is 0.00284. The number of ether oxygens (including phenoxy) is 2. The SMILES string of the molecule is COCCC(=O)N1CCN(c2nc(C(C)C)c(-c3ccc(OC(F)(F)F)cc3)cc2C#N)CC1C. The van der Waals surface area contributed by atoms with Crippen molar-refractivity contribution in [1.82, 2.24) is 9.88 Å². The van der Waals surface area contributed by atoms with Gasteiger partial charge in [0, 0.05) is 38.3 Å². The normalized spacial score (nSPS) is 16.4. The van der Waals surface area contributed by atoms with Crippen molar-refractivity contribution in [3.8, 4) is 22.9 Å². The lowest BCUT2D eigenvalue weighted by Crippen LogP contribution is -2.54. The lowest BCUT2D eigenvalue weighted by atomic mass is 9.95. The van der Waals surface area contributed by atoms with Crippen molar-refractivity contribution in [2.24, 2.45) is 0 Å². The number of hydrogen-bond donors (Lipinski definition) is 0. The van der Waals surface area contributed by atoms with Crippen LogP contribution in [-0.4, -0.2) is 61.5 Å². The second-order valence-electron chi connectivity index (χ2n) is 8.76. The Morgan fingerprint density at radius 1 is 1.26 bits per heavy atom. The number of alkyl halides is 3. The summed E-state index contributed by atoms with van der Waals surface area (Å²) in [5, 5.41) is 9.88. The van der Waals surface area contributed by atoms with Crippen LogP contribution < -0.4 is 9.64 Å². The highest BCUT2D eigenvalue weighted by molar-refractivity contribution is 5.77. The van der Waals surface area contributed by atoms with Crippen molar-refractivity contribution in [2.75, 3.05) is 38.3 Å². The van der Waals surface area contributed by atoms with Crippen LogP contribution in [0.1, 0.15) is 44.4 Å². The van der Waals surface area contributed by atoms with E-state index in [2.05, 4.69) is 10.8 Å². The van der Waals surface area contributed by atoms with Gasteiger partial charge in [0.05, 0.1) is 24.3 Å². The first-order valence-electron chi connectivity index (χ1n) is 11.4. The molecule has 1 fully saturated rings. The number of pyridine rings is 1. The fourth-order valence-electron chi connectivity index (χ4n) is 4.20. The molecule has 0 radical (unpaired) electrons. The molecule has 0 bridgehead atoms. The summed E-state index contributed by atoms with van der Waals surface area (Å²) in [6.07, 6.45) is -4.45. The van der Waals surface area contributed by atoms with Gasteiger partial charge in [-0.3, -0.25) is 4.79 Å². The molecule has 10 heteroatoms. The van der Waals surface area contributed by atoms with Crippen LogP contribution in [-0.2, 0) is 9.53 Å². The molecular weight excluding hydrogens is 461 g/mol. The summed E-state index contributed by atoms with van der Waals surface area (Å²) in [5.41, 5.74) is 2.42. The van der Waals surface area contributed by atoms with Crippen molar-refractivity contribution in [1.29, 1.82) is 5.26 Å². The first-order valence-corrected chi connectivity index (χ1v) is 11.4. The topological polar surface area (TPSA) is 78.7 Å². The van der Waals surface area contributed by atoms with Gasteiger partial charge in [-0.2, -0.15) is 5.26 Å². The van der Waals surface area contributed by atoms with E-state index in [0.29, 0.717) is 55.2 Å². The average molecular weight is 491 g/mol. The van der Waals surface area contributed by atoms with Crippen LogP contribution in [0.25, 0.3) is 11.1 Å². The van der Waals surface area contributed by atoms with Crippen LogP contribution in [0.5, 0.6) is 5.75 Å². The molecule has 1 unspecified atom stereocenters. The number of aromatic nitrogens is 1. The summed E-state index contributed by atoms with van der Waals surface area (Å²) < 4.78 is 46.5. The third-order valence-electron chi connectivity index (χ3n) is 5.87. The van der Waals surface area contributed by atoms with Crippen LogP contribution in [0.4, 0.5) is 19.0 Å². The van der Waals surface area contributed by atoms with Gasteiger partial charge < -0.3 is 19.3 Å². The van der Waals surface area contributed by atoms with Crippen molar-refractivity contribution < 1.29 is 27.4 Å². The summed E-state index contributed by atoms with van der Waals surface area (Å²) in [4.78, 5) is 21.2. The molecule has 0 N–H and O–H groups in total. The van der Waals surface area contributed by atoms with E-state index >= 15 is 0 Å². The lowest BCUT2D eigenvalue weighted by molar-refractivity contribution is -0.274. The van der Waals surface area contributed by atoms with Gasteiger partial charge >= 0.3 is 6.36 Å². The van der Waals surface area contributed by atoms with E-state index in [1.54, 1.807) is 13.2 Å². The van der Waals surface area contributed by atoms with E-state index in [0.717, 1.165) is 5.69 Å². The number of hydrogen-bond acceptors (Lipinski definition) is 6. The maximum absolute atomic E-state index is 12.5. The zero-order chi connectivity index (χ0) is 25.8. The average Bonchev–Trinajstić information content (AvgIpc) is 2.81. The van der Waals surface area contributed by atoms with Gasteiger partial charge in [-0.15, -0.1) is 13.2 Å². The van der Waals surface area contributed by atoms with Gasteiger partial charge in [0.1, 0.15) is 17.6 Å². The van der Waals surface area contributed by atoms with Crippen LogP contribution in [0.2, 0.25) is 0 Å². The molecular formula is C25H29F3N4O3. The molecule has 1 aromatic heterocycles. The smallest absolute Gasteiger partial charge is 0.406 e. The van der Waals surface area contributed by atoms with Gasteiger partial charge in [0.15, 0.2) is 0 Å².